The van der Waals surface area contributed by atoms with Crippen molar-refractivity contribution in [3.63, 3.8) is 0 Å². The van der Waals surface area contributed by atoms with Gasteiger partial charge in [-0.3, -0.25) is 0 Å². The topological polar surface area (TPSA) is 20.2 Å². The van der Waals surface area contributed by atoms with Crippen LogP contribution >= 0.6 is 0 Å². The van der Waals surface area contributed by atoms with Crippen molar-refractivity contribution in [2.75, 3.05) is 0 Å². The van der Waals surface area contributed by atoms with Crippen LogP contribution in [-0.2, 0) is 0 Å². The Hall–Kier alpha value is -0.560. The molecule has 17 heavy (non-hydrogen) atoms. The maximum Gasteiger partial charge on any atom is 0.0540 e. The van der Waals surface area contributed by atoms with E-state index in [2.05, 4.69) is 19.6 Å². The van der Waals surface area contributed by atoms with E-state index < -0.39 is 0 Å². The molecule has 0 aliphatic heterocycles. The molecule has 0 aromatic heterocycles. The summed E-state index contributed by atoms with van der Waals surface area (Å²) in [5, 5.41) is 9.73. The average molecular weight is 238 g/mol. The van der Waals surface area contributed by atoms with E-state index in [1.807, 2.05) is 12.2 Å². The van der Waals surface area contributed by atoms with E-state index >= 15 is 0 Å². The Kier molecular flexibility index (Phi) is 13.1. The van der Waals surface area contributed by atoms with Crippen molar-refractivity contribution in [1.29, 1.82) is 0 Å². The Morgan fingerprint density at radius 1 is 1.00 bits per heavy atom. The van der Waals surface area contributed by atoms with E-state index in [9.17, 15) is 5.11 Å². The summed E-state index contributed by atoms with van der Waals surface area (Å²) in [5.74, 6) is 0. The first-order valence-electron chi connectivity index (χ1n) is 7.26. The zero-order chi connectivity index (χ0) is 12.8. The van der Waals surface area contributed by atoms with Gasteiger partial charge in [-0.15, -0.1) is 0 Å². The van der Waals surface area contributed by atoms with Crippen LogP contribution in [0.2, 0.25) is 0 Å². The highest BCUT2D eigenvalue weighted by atomic mass is 16.3. The smallest absolute Gasteiger partial charge is 0.0540 e. The summed E-state index contributed by atoms with van der Waals surface area (Å²) >= 11 is 0. The summed E-state index contributed by atoms with van der Waals surface area (Å²) in [5.41, 5.74) is 0. The lowest BCUT2D eigenvalue weighted by Gasteiger charge is -2.09. The monoisotopic (exact) mass is 238 g/mol. The second-order valence-corrected chi connectivity index (χ2v) is 4.81. The molecule has 0 heterocycles. The number of hydrogen-bond acceptors (Lipinski definition) is 1. The number of hydrogen-bond donors (Lipinski definition) is 1. The molecule has 1 atom stereocenters. The van der Waals surface area contributed by atoms with E-state index in [0.29, 0.717) is 0 Å². The van der Waals surface area contributed by atoms with Crippen molar-refractivity contribution in [3.8, 4) is 0 Å². The number of unbranched alkanes of at least 4 members (excludes halogenated alkanes) is 6. The Labute approximate surface area is 108 Å². The molecule has 0 aliphatic carbocycles. The van der Waals surface area contributed by atoms with E-state index in [0.717, 1.165) is 19.3 Å². The van der Waals surface area contributed by atoms with Gasteiger partial charge in [-0.05, 0) is 25.7 Å². The molecule has 0 spiro atoms. The molecule has 0 saturated carbocycles. The molecule has 1 unspecified atom stereocenters. The number of rotatable bonds is 12. The van der Waals surface area contributed by atoms with Crippen molar-refractivity contribution < 1.29 is 5.11 Å². The third-order valence-electron chi connectivity index (χ3n) is 3.07. The highest BCUT2D eigenvalue weighted by molar-refractivity contribution is 4.96. The van der Waals surface area contributed by atoms with Gasteiger partial charge in [0.1, 0.15) is 0 Å². The van der Waals surface area contributed by atoms with Gasteiger partial charge in [-0.1, -0.05) is 70.3 Å². The predicted octanol–water partition coefficient (Wildman–Crippen LogP) is 5.01. The fraction of sp³-hybridized carbons (Fsp3) is 0.750. The van der Waals surface area contributed by atoms with Gasteiger partial charge in [-0.2, -0.15) is 0 Å². The molecule has 0 saturated heterocycles. The lowest BCUT2D eigenvalue weighted by atomic mass is 10.0. The fourth-order valence-corrected chi connectivity index (χ4v) is 1.96. The van der Waals surface area contributed by atoms with E-state index in [1.54, 1.807) is 0 Å². The average Bonchev–Trinajstić information content (AvgIpc) is 2.33. The summed E-state index contributed by atoms with van der Waals surface area (Å²) in [4.78, 5) is 0. The van der Waals surface area contributed by atoms with Gasteiger partial charge < -0.3 is 5.11 Å². The van der Waals surface area contributed by atoms with Crippen molar-refractivity contribution >= 4 is 0 Å². The molecular formula is C16H30O. The highest BCUT2D eigenvalue weighted by Crippen LogP contribution is 2.12. The molecule has 1 N–H and O–H groups in total. The van der Waals surface area contributed by atoms with Gasteiger partial charge in [0, 0.05) is 0 Å². The Morgan fingerprint density at radius 2 is 1.65 bits per heavy atom. The minimum Gasteiger partial charge on any atom is -0.393 e. The molecule has 0 aliphatic rings. The highest BCUT2D eigenvalue weighted by Gasteiger charge is 2.02. The van der Waals surface area contributed by atoms with Crippen LogP contribution in [-0.4, -0.2) is 11.2 Å². The Balaban J connectivity index is 3.15. The standard InChI is InChI=1S/C16H30O/c1-3-5-7-8-9-10-11-13-15-16(17)14-12-6-4-2/h3,5,7,16-17H,1,4,6,8-15H2,2H3/b7-5+. The molecule has 100 valence electrons. The number of aliphatic hydroxyl groups excluding tert-OH is 1. The van der Waals surface area contributed by atoms with Crippen LogP contribution in [0.25, 0.3) is 0 Å². The van der Waals surface area contributed by atoms with Gasteiger partial charge >= 0.3 is 0 Å². The zero-order valence-corrected chi connectivity index (χ0v) is 11.5. The van der Waals surface area contributed by atoms with E-state index in [4.69, 9.17) is 0 Å². The first-order valence-corrected chi connectivity index (χ1v) is 7.26. The lowest BCUT2D eigenvalue weighted by Crippen LogP contribution is -2.05. The molecule has 0 aromatic rings. The molecule has 0 aromatic carbocycles. The largest absolute Gasteiger partial charge is 0.393 e. The van der Waals surface area contributed by atoms with Crippen molar-refractivity contribution in [3.05, 3.63) is 24.8 Å². The molecule has 1 nitrogen and oxygen atoms in total. The van der Waals surface area contributed by atoms with Gasteiger partial charge in [-0.25, -0.2) is 0 Å². The molecule has 0 rings (SSSR count). The van der Waals surface area contributed by atoms with Crippen LogP contribution in [0.1, 0.15) is 71.1 Å². The third kappa shape index (κ3) is 13.4. The number of allylic oxidation sites excluding steroid dienone is 3. The van der Waals surface area contributed by atoms with Crippen LogP contribution < -0.4 is 0 Å². The van der Waals surface area contributed by atoms with Crippen LogP contribution in [0.4, 0.5) is 0 Å². The summed E-state index contributed by atoms with van der Waals surface area (Å²) < 4.78 is 0. The maximum atomic E-state index is 9.73. The maximum absolute atomic E-state index is 9.73. The van der Waals surface area contributed by atoms with Crippen molar-refractivity contribution in [1.82, 2.24) is 0 Å². The van der Waals surface area contributed by atoms with Gasteiger partial charge in [0.05, 0.1) is 6.10 Å². The minimum atomic E-state index is -0.0535. The van der Waals surface area contributed by atoms with E-state index in [-0.39, 0.29) is 6.10 Å². The fourth-order valence-electron chi connectivity index (χ4n) is 1.96. The summed E-state index contributed by atoms with van der Waals surface area (Å²) in [6.45, 7) is 5.84. The summed E-state index contributed by atoms with van der Waals surface area (Å²) in [6.07, 6.45) is 17.8. The second kappa shape index (κ2) is 13.5. The molecule has 0 fully saturated rings. The quantitative estimate of drug-likeness (QED) is 0.374. The Morgan fingerprint density at radius 3 is 2.29 bits per heavy atom. The summed E-state index contributed by atoms with van der Waals surface area (Å²) in [7, 11) is 0. The molecule has 1 heteroatoms. The summed E-state index contributed by atoms with van der Waals surface area (Å²) in [6, 6.07) is 0. The second-order valence-electron chi connectivity index (χ2n) is 4.81. The first kappa shape index (κ1) is 16.4. The lowest BCUT2D eigenvalue weighted by molar-refractivity contribution is 0.147. The van der Waals surface area contributed by atoms with Crippen LogP contribution in [0.5, 0.6) is 0 Å². The zero-order valence-electron chi connectivity index (χ0n) is 11.5. The number of aliphatic hydroxyl groups is 1. The van der Waals surface area contributed by atoms with Crippen LogP contribution in [0, 0.1) is 0 Å². The van der Waals surface area contributed by atoms with Gasteiger partial charge in [0.15, 0.2) is 0 Å². The predicted molar refractivity (Wildman–Crippen MR) is 77.2 cm³/mol. The molecule has 0 bridgehead atoms. The minimum absolute atomic E-state index is 0.0535. The van der Waals surface area contributed by atoms with Gasteiger partial charge in [0.2, 0.25) is 0 Å². The van der Waals surface area contributed by atoms with Gasteiger partial charge in [0.25, 0.3) is 0 Å². The molecule has 0 amide bonds. The van der Waals surface area contributed by atoms with Crippen LogP contribution in [0.15, 0.2) is 24.8 Å². The SMILES string of the molecule is C=C/C=C/CCCCCCC(O)CCCCC. The van der Waals surface area contributed by atoms with Crippen molar-refractivity contribution in [2.45, 2.75) is 77.2 Å². The normalized spacial score (nSPS) is 13.1. The Bertz CT molecular complexity index is 184. The van der Waals surface area contributed by atoms with Crippen LogP contribution in [0.3, 0.4) is 0 Å². The third-order valence-corrected chi connectivity index (χ3v) is 3.07. The molecular weight excluding hydrogens is 208 g/mol. The molecule has 0 radical (unpaired) electrons. The van der Waals surface area contributed by atoms with Crippen molar-refractivity contribution in [2.24, 2.45) is 0 Å². The first-order chi connectivity index (χ1) is 8.31. The van der Waals surface area contributed by atoms with E-state index in [1.165, 1.54) is 44.9 Å².